The van der Waals surface area contributed by atoms with Gasteiger partial charge in [-0.05, 0) is 37.5 Å². The molecule has 0 radical (unpaired) electrons. The van der Waals surface area contributed by atoms with Gasteiger partial charge in [0.1, 0.15) is 0 Å². The summed E-state index contributed by atoms with van der Waals surface area (Å²) in [5.74, 6) is 1.14. The minimum absolute atomic E-state index is 0.00946. The molecule has 0 unspecified atom stereocenters. The fraction of sp³-hybridized carbons (Fsp3) is 0.471. The molecule has 0 bridgehead atoms. The lowest BCUT2D eigenvalue weighted by Gasteiger charge is -2.18. The Morgan fingerprint density at radius 1 is 1.32 bits per heavy atom. The first-order chi connectivity index (χ1) is 12.2. The van der Waals surface area contributed by atoms with Crippen LogP contribution in [0.5, 0.6) is 0 Å². The van der Waals surface area contributed by atoms with Crippen LogP contribution in [0.1, 0.15) is 26.2 Å². The Kier molecular flexibility index (Phi) is 6.20. The van der Waals surface area contributed by atoms with E-state index in [0.29, 0.717) is 22.5 Å². The van der Waals surface area contributed by atoms with E-state index in [1.807, 2.05) is 35.8 Å². The molecule has 6 nitrogen and oxygen atoms in total. The first kappa shape index (κ1) is 18.1. The second-order valence-electron chi connectivity index (χ2n) is 5.93. The minimum Gasteiger partial charge on any atom is -0.355 e. The van der Waals surface area contributed by atoms with Gasteiger partial charge in [-0.3, -0.25) is 9.36 Å². The van der Waals surface area contributed by atoms with Crippen molar-refractivity contribution < 1.29 is 4.79 Å². The molecule has 2 heterocycles. The molecule has 2 aromatic rings. The number of rotatable bonds is 7. The molecule has 25 heavy (non-hydrogen) atoms. The Balaban J connectivity index is 1.86. The van der Waals surface area contributed by atoms with Gasteiger partial charge in [-0.1, -0.05) is 36.4 Å². The van der Waals surface area contributed by atoms with Crippen molar-refractivity contribution >= 4 is 35.2 Å². The van der Waals surface area contributed by atoms with Gasteiger partial charge in [0, 0.05) is 24.7 Å². The van der Waals surface area contributed by atoms with Gasteiger partial charge >= 0.3 is 0 Å². The van der Waals surface area contributed by atoms with Gasteiger partial charge in [-0.25, -0.2) is 0 Å². The summed E-state index contributed by atoms with van der Waals surface area (Å²) in [7, 11) is 0. The number of hydrogen-bond acceptors (Lipinski definition) is 5. The normalized spacial score (nSPS) is 14.1. The summed E-state index contributed by atoms with van der Waals surface area (Å²) in [5, 5.41) is 13.0. The topological polar surface area (TPSA) is 63.1 Å². The fourth-order valence-electron chi connectivity index (χ4n) is 2.76. The van der Waals surface area contributed by atoms with E-state index in [-0.39, 0.29) is 5.91 Å². The standard InChI is InChI=1S/C17H22ClN5OS/c1-2-8-19-15(24)12-25-17-21-20-16(22-9-3-4-10-22)23(17)14-7-5-6-13(18)11-14/h5-7,11H,2-4,8-10,12H2,1H3,(H,19,24). The first-order valence-corrected chi connectivity index (χ1v) is 9.91. The Bertz CT molecular complexity index is 730. The number of nitrogens with zero attached hydrogens (tertiary/aromatic N) is 4. The number of hydrogen-bond donors (Lipinski definition) is 1. The lowest BCUT2D eigenvalue weighted by atomic mass is 10.3. The SMILES string of the molecule is CCCNC(=O)CSc1nnc(N2CCCC2)n1-c1cccc(Cl)c1. The van der Waals surface area contributed by atoms with Crippen LogP contribution in [-0.2, 0) is 4.79 Å². The zero-order valence-electron chi connectivity index (χ0n) is 14.2. The van der Waals surface area contributed by atoms with Crippen LogP contribution in [0.2, 0.25) is 5.02 Å². The number of benzene rings is 1. The summed E-state index contributed by atoms with van der Waals surface area (Å²) in [4.78, 5) is 14.2. The van der Waals surface area contributed by atoms with E-state index in [0.717, 1.165) is 44.0 Å². The molecule has 1 N–H and O–H groups in total. The Morgan fingerprint density at radius 2 is 2.12 bits per heavy atom. The Labute approximate surface area is 156 Å². The number of thioether (sulfide) groups is 1. The maximum absolute atomic E-state index is 11.9. The second kappa shape index (κ2) is 8.58. The molecular formula is C17H22ClN5OS. The maximum Gasteiger partial charge on any atom is 0.232 e. The number of halogens is 1. The molecule has 1 saturated heterocycles. The highest BCUT2D eigenvalue weighted by molar-refractivity contribution is 7.99. The van der Waals surface area contributed by atoms with Crippen molar-refractivity contribution in [3.8, 4) is 5.69 Å². The third-order valence-corrected chi connectivity index (χ3v) is 5.14. The quantitative estimate of drug-likeness (QED) is 0.749. The second-order valence-corrected chi connectivity index (χ2v) is 7.31. The van der Waals surface area contributed by atoms with E-state index in [4.69, 9.17) is 11.6 Å². The number of anilines is 1. The van der Waals surface area contributed by atoms with Crippen LogP contribution in [0.4, 0.5) is 5.95 Å². The van der Waals surface area contributed by atoms with Crippen LogP contribution in [0, 0.1) is 0 Å². The van der Waals surface area contributed by atoms with Crippen molar-refractivity contribution in [1.29, 1.82) is 0 Å². The zero-order valence-corrected chi connectivity index (χ0v) is 15.8. The monoisotopic (exact) mass is 379 g/mol. The molecule has 1 aliphatic rings. The molecule has 1 aromatic heterocycles. The fourth-order valence-corrected chi connectivity index (χ4v) is 3.73. The summed E-state index contributed by atoms with van der Waals surface area (Å²) < 4.78 is 2.00. The van der Waals surface area contributed by atoms with Gasteiger partial charge in [0.25, 0.3) is 0 Å². The van der Waals surface area contributed by atoms with Gasteiger partial charge < -0.3 is 10.2 Å². The number of carbonyl (C=O) groups is 1. The van der Waals surface area contributed by atoms with E-state index < -0.39 is 0 Å². The van der Waals surface area contributed by atoms with E-state index >= 15 is 0 Å². The van der Waals surface area contributed by atoms with Gasteiger partial charge in [0.15, 0.2) is 5.16 Å². The van der Waals surface area contributed by atoms with Crippen molar-refractivity contribution in [2.75, 3.05) is 30.3 Å². The largest absolute Gasteiger partial charge is 0.355 e. The molecule has 8 heteroatoms. The molecular weight excluding hydrogens is 358 g/mol. The highest BCUT2D eigenvalue weighted by Crippen LogP contribution is 2.29. The highest BCUT2D eigenvalue weighted by atomic mass is 35.5. The van der Waals surface area contributed by atoms with Gasteiger partial charge in [0.2, 0.25) is 11.9 Å². The summed E-state index contributed by atoms with van der Waals surface area (Å²) >= 11 is 7.57. The van der Waals surface area contributed by atoms with E-state index in [1.54, 1.807) is 0 Å². The molecule has 1 aliphatic heterocycles. The van der Waals surface area contributed by atoms with E-state index in [9.17, 15) is 4.79 Å². The van der Waals surface area contributed by atoms with Crippen molar-refractivity contribution in [2.45, 2.75) is 31.3 Å². The number of nitrogens with one attached hydrogen (secondary N) is 1. The number of aromatic nitrogens is 3. The van der Waals surface area contributed by atoms with E-state index in [2.05, 4.69) is 20.4 Å². The molecule has 1 aromatic carbocycles. The minimum atomic E-state index is 0.00946. The third kappa shape index (κ3) is 4.46. The molecule has 1 fully saturated rings. The lowest BCUT2D eigenvalue weighted by molar-refractivity contribution is -0.118. The van der Waals surface area contributed by atoms with Crippen molar-refractivity contribution in [1.82, 2.24) is 20.1 Å². The van der Waals surface area contributed by atoms with Crippen molar-refractivity contribution in [3.05, 3.63) is 29.3 Å². The molecule has 3 rings (SSSR count). The number of carbonyl (C=O) groups excluding carboxylic acids is 1. The molecule has 0 aliphatic carbocycles. The molecule has 0 atom stereocenters. The number of amides is 1. The first-order valence-electron chi connectivity index (χ1n) is 8.55. The van der Waals surface area contributed by atoms with E-state index in [1.165, 1.54) is 11.8 Å². The van der Waals surface area contributed by atoms with Gasteiger partial charge in [-0.15, -0.1) is 10.2 Å². The lowest BCUT2D eigenvalue weighted by Crippen LogP contribution is -2.26. The smallest absolute Gasteiger partial charge is 0.232 e. The Morgan fingerprint density at radius 3 is 2.84 bits per heavy atom. The molecule has 1 amide bonds. The van der Waals surface area contributed by atoms with Crippen LogP contribution in [-0.4, -0.2) is 46.1 Å². The van der Waals surface area contributed by atoms with Gasteiger partial charge in [-0.2, -0.15) is 0 Å². The zero-order chi connectivity index (χ0) is 17.6. The predicted octanol–water partition coefficient (Wildman–Crippen LogP) is 3.14. The van der Waals surface area contributed by atoms with Crippen LogP contribution in [0.25, 0.3) is 5.69 Å². The van der Waals surface area contributed by atoms with Crippen LogP contribution in [0.3, 0.4) is 0 Å². The molecule has 134 valence electrons. The van der Waals surface area contributed by atoms with Crippen LogP contribution >= 0.6 is 23.4 Å². The molecule has 0 spiro atoms. The summed E-state index contributed by atoms with van der Waals surface area (Å²) in [6, 6.07) is 7.63. The maximum atomic E-state index is 11.9. The predicted molar refractivity (Wildman–Crippen MR) is 102 cm³/mol. The summed E-state index contributed by atoms with van der Waals surface area (Å²) in [5.41, 5.74) is 0.913. The van der Waals surface area contributed by atoms with Crippen molar-refractivity contribution in [2.24, 2.45) is 0 Å². The molecule has 0 saturated carbocycles. The van der Waals surface area contributed by atoms with Crippen LogP contribution < -0.4 is 10.2 Å². The highest BCUT2D eigenvalue weighted by Gasteiger charge is 2.23. The average Bonchev–Trinajstić information content (AvgIpc) is 3.27. The Hall–Kier alpha value is -1.73. The average molecular weight is 380 g/mol. The third-order valence-electron chi connectivity index (χ3n) is 3.98. The summed E-state index contributed by atoms with van der Waals surface area (Å²) in [6.07, 6.45) is 3.24. The van der Waals surface area contributed by atoms with Crippen LogP contribution in [0.15, 0.2) is 29.4 Å². The summed E-state index contributed by atoms with van der Waals surface area (Å²) in [6.45, 7) is 4.67. The van der Waals surface area contributed by atoms with Crippen molar-refractivity contribution in [3.63, 3.8) is 0 Å². The van der Waals surface area contributed by atoms with Gasteiger partial charge in [0.05, 0.1) is 11.4 Å².